The molecule has 0 heterocycles. The van der Waals surface area contributed by atoms with Crippen molar-refractivity contribution in [3.8, 4) is 6.07 Å². The van der Waals surface area contributed by atoms with Gasteiger partial charge in [-0.1, -0.05) is 29.8 Å². The fourth-order valence-corrected chi connectivity index (χ4v) is 1.93. The van der Waals surface area contributed by atoms with Gasteiger partial charge in [-0.05, 0) is 30.3 Å². The molecule has 100 valence electrons. The molecule has 5 heteroatoms. The topological polar surface area (TPSA) is 56.1 Å². The summed E-state index contributed by atoms with van der Waals surface area (Å²) in [5.74, 6) is 0. The first-order valence-electron chi connectivity index (χ1n) is 5.91. The van der Waals surface area contributed by atoms with Crippen molar-refractivity contribution in [2.24, 2.45) is 0 Å². The lowest BCUT2D eigenvalue weighted by Gasteiger charge is -2.19. The average molecular weight is 286 g/mol. The number of amides is 2. The Bertz CT molecular complexity index is 679. The van der Waals surface area contributed by atoms with Crippen LogP contribution in [0.15, 0.2) is 48.5 Å². The number of carbonyl (C=O) groups is 1. The van der Waals surface area contributed by atoms with Crippen LogP contribution in [-0.4, -0.2) is 13.1 Å². The maximum atomic E-state index is 12.2. The number of halogens is 1. The van der Waals surface area contributed by atoms with Crippen molar-refractivity contribution < 1.29 is 4.79 Å². The first-order chi connectivity index (χ1) is 9.61. The zero-order valence-electron chi connectivity index (χ0n) is 10.8. The minimum absolute atomic E-state index is 0.338. The van der Waals surface area contributed by atoms with Crippen LogP contribution >= 0.6 is 11.6 Å². The normalized spacial score (nSPS) is 9.65. The van der Waals surface area contributed by atoms with E-state index in [0.717, 1.165) is 0 Å². The van der Waals surface area contributed by atoms with Gasteiger partial charge in [0.1, 0.15) is 6.07 Å². The molecule has 0 saturated heterocycles. The van der Waals surface area contributed by atoms with E-state index in [-0.39, 0.29) is 6.03 Å². The summed E-state index contributed by atoms with van der Waals surface area (Å²) in [6.07, 6.45) is 0. The number of hydrogen-bond acceptors (Lipinski definition) is 2. The van der Waals surface area contributed by atoms with E-state index in [2.05, 4.69) is 11.4 Å². The summed E-state index contributed by atoms with van der Waals surface area (Å²) in [5.41, 5.74) is 1.59. The molecule has 2 rings (SSSR count). The minimum atomic E-state index is -0.338. The highest BCUT2D eigenvalue weighted by molar-refractivity contribution is 6.30. The van der Waals surface area contributed by atoms with Crippen molar-refractivity contribution in [3.05, 3.63) is 59.1 Å². The lowest BCUT2D eigenvalue weighted by molar-refractivity contribution is 0.258. The van der Waals surface area contributed by atoms with Gasteiger partial charge in [-0.25, -0.2) is 4.79 Å². The van der Waals surface area contributed by atoms with Crippen LogP contribution in [0.3, 0.4) is 0 Å². The van der Waals surface area contributed by atoms with Crippen molar-refractivity contribution in [2.75, 3.05) is 17.3 Å². The number of nitrogens with zero attached hydrogens (tertiary/aromatic N) is 2. The van der Waals surface area contributed by atoms with Crippen molar-refractivity contribution in [1.29, 1.82) is 5.26 Å². The van der Waals surface area contributed by atoms with Gasteiger partial charge in [0, 0.05) is 17.8 Å². The van der Waals surface area contributed by atoms with Gasteiger partial charge in [-0.2, -0.15) is 5.26 Å². The Morgan fingerprint density at radius 2 is 2.00 bits per heavy atom. The molecule has 4 nitrogen and oxygen atoms in total. The van der Waals surface area contributed by atoms with E-state index in [0.29, 0.717) is 22.0 Å². The summed E-state index contributed by atoms with van der Waals surface area (Å²) in [7, 11) is 1.61. The van der Waals surface area contributed by atoms with Gasteiger partial charge in [0.05, 0.1) is 11.3 Å². The summed E-state index contributed by atoms with van der Waals surface area (Å²) in [6.45, 7) is 0. The quantitative estimate of drug-likeness (QED) is 0.910. The Labute approximate surface area is 122 Å². The Morgan fingerprint density at radius 1 is 1.25 bits per heavy atom. The van der Waals surface area contributed by atoms with Crippen molar-refractivity contribution in [3.63, 3.8) is 0 Å². The molecule has 0 atom stereocenters. The van der Waals surface area contributed by atoms with Gasteiger partial charge in [-0.15, -0.1) is 0 Å². The summed E-state index contributed by atoms with van der Waals surface area (Å²) in [6, 6.07) is 15.5. The molecule has 2 aromatic rings. The molecule has 0 aliphatic rings. The van der Waals surface area contributed by atoms with E-state index in [1.54, 1.807) is 55.6 Å². The van der Waals surface area contributed by atoms with Crippen molar-refractivity contribution in [2.45, 2.75) is 0 Å². The number of para-hydroxylation sites is 1. The minimum Gasteiger partial charge on any atom is -0.307 e. The molecular weight excluding hydrogens is 274 g/mol. The monoisotopic (exact) mass is 285 g/mol. The van der Waals surface area contributed by atoms with Gasteiger partial charge in [0.25, 0.3) is 0 Å². The van der Waals surface area contributed by atoms with Crippen LogP contribution in [0.2, 0.25) is 5.02 Å². The van der Waals surface area contributed by atoms with Crippen molar-refractivity contribution >= 4 is 29.0 Å². The maximum Gasteiger partial charge on any atom is 0.326 e. The van der Waals surface area contributed by atoms with Gasteiger partial charge in [0.2, 0.25) is 0 Å². The molecule has 0 spiro atoms. The molecule has 1 N–H and O–H groups in total. The van der Waals surface area contributed by atoms with Gasteiger partial charge in [-0.3, -0.25) is 4.90 Å². The SMILES string of the molecule is CN(C(=O)Nc1cccc(Cl)c1)c1ccccc1C#N. The molecule has 2 amide bonds. The molecule has 2 aromatic carbocycles. The summed E-state index contributed by atoms with van der Waals surface area (Å²) in [4.78, 5) is 13.5. The number of rotatable bonds is 2. The smallest absolute Gasteiger partial charge is 0.307 e. The van der Waals surface area contributed by atoms with Crippen LogP contribution in [0.25, 0.3) is 0 Å². The Kier molecular flexibility index (Phi) is 4.24. The molecule has 0 aromatic heterocycles. The molecule has 0 unspecified atom stereocenters. The second-order valence-corrected chi connectivity index (χ2v) is 4.56. The Hall–Kier alpha value is -2.51. The largest absolute Gasteiger partial charge is 0.326 e. The molecule has 0 aliphatic carbocycles. The molecule has 0 saturated carbocycles. The third-order valence-electron chi connectivity index (χ3n) is 2.77. The fraction of sp³-hybridized carbons (Fsp3) is 0.0667. The van der Waals surface area contributed by atoms with Crippen LogP contribution in [0.4, 0.5) is 16.2 Å². The number of hydrogen-bond donors (Lipinski definition) is 1. The zero-order valence-corrected chi connectivity index (χ0v) is 11.6. The third kappa shape index (κ3) is 3.08. The third-order valence-corrected chi connectivity index (χ3v) is 3.00. The van der Waals surface area contributed by atoms with E-state index in [9.17, 15) is 4.79 Å². The Morgan fingerprint density at radius 3 is 2.70 bits per heavy atom. The summed E-state index contributed by atoms with van der Waals surface area (Å²) >= 11 is 5.86. The summed E-state index contributed by atoms with van der Waals surface area (Å²) < 4.78 is 0. The van der Waals surface area contributed by atoms with E-state index in [1.807, 2.05) is 0 Å². The molecule has 0 radical (unpaired) electrons. The van der Waals surface area contributed by atoms with E-state index in [4.69, 9.17) is 16.9 Å². The summed E-state index contributed by atoms with van der Waals surface area (Å²) in [5, 5.41) is 12.3. The number of urea groups is 1. The molecule has 20 heavy (non-hydrogen) atoms. The van der Waals surface area contributed by atoms with Crippen molar-refractivity contribution in [1.82, 2.24) is 0 Å². The average Bonchev–Trinajstić information content (AvgIpc) is 2.46. The standard InChI is InChI=1S/C15H12ClN3O/c1-19(14-8-3-2-5-11(14)10-17)15(20)18-13-7-4-6-12(16)9-13/h2-9H,1H3,(H,18,20). The number of carbonyl (C=O) groups excluding carboxylic acids is 1. The lowest BCUT2D eigenvalue weighted by atomic mass is 10.2. The first-order valence-corrected chi connectivity index (χ1v) is 6.29. The lowest BCUT2D eigenvalue weighted by Crippen LogP contribution is -2.31. The molecule has 0 aliphatic heterocycles. The number of nitrogens with one attached hydrogen (secondary N) is 1. The Balaban J connectivity index is 2.19. The number of benzene rings is 2. The van der Waals surface area contributed by atoms with Gasteiger partial charge in [0.15, 0.2) is 0 Å². The second kappa shape index (κ2) is 6.09. The highest BCUT2D eigenvalue weighted by Gasteiger charge is 2.14. The fourth-order valence-electron chi connectivity index (χ4n) is 1.74. The predicted octanol–water partition coefficient (Wildman–Crippen LogP) is 3.88. The zero-order chi connectivity index (χ0) is 14.5. The van der Waals surface area contributed by atoms with Gasteiger partial charge >= 0.3 is 6.03 Å². The number of nitriles is 1. The molecule has 0 bridgehead atoms. The maximum absolute atomic E-state index is 12.2. The highest BCUT2D eigenvalue weighted by atomic mass is 35.5. The van der Waals surface area contributed by atoms with E-state index >= 15 is 0 Å². The van der Waals surface area contributed by atoms with Crippen LogP contribution in [0.5, 0.6) is 0 Å². The van der Waals surface area contributed by atoms with E-state index in [1.165, 1.54) is 4.90 Å². The highest BCUT2D eigenvalue weighted by Crippen LogP contribution is 2.20. The second-order valence-electron chi connectivity index (χ2n) is 4.13. The van der Waals surface area contributed by atoms with E-state index < -0.39 is 0 Å². The molecular formula is C15H12ClN3O. The van der Waals surface area contributed by atoms with Gasteiger partial charge < -0.3 is 5.32 Å². The first kappa shape index (κ1) is 13.9. The van der Waals surface area contributed by atoms with Crippen LogP contribution in [0.1, 0.15) is 5.56 Å². The van der Waals surface area contributed by atoms with Crippen LogP contribution in [-0.2, 0) is 0 Å². The molecule has 0 fully saturated rings. The van der Waals surface area contributed by atoms with Crippen LogP contribution in [0, 0.1) is 11.3 Å². The predicted molar refractivity (Wildman–Crippen MR) is 80.0 cm³/mol. The van der Waals surface area contributed by atoms with Crippen LogP contribution < -0.4 is 10.2 Å². The number of anilines is 2.